The van der Waals surface area contributed by atoms with E-state index in [2.05, 4.69) is 26.0 Å². The summed E-state index contributed by atoms with van der Waals surface area (Å²) < 4.78 is 15.2. The molecule has 0 unspecified atom stereocenters. The molecule has 0 radical (unpaired) electrons. The van der Waals surface area contributed by atoms with Crippen LogP contribution >= 0.6 is 15.9 Å². The average Bonchev–Trinajstić information content (AvgIpc) is 2.46. The minimum Gasteiger partial charge on any atom is -0.497 e. The number of benzene rings is 1. The Labute approximate surface area is 125 Å². The number of carbonyl (C=O) groups excluding carboxylic acids is 2. The summed E-state index contributed by atoms with van der Waals surface area (Å²) in [5, 5.41) is 2.55. The van der Waals surface area contributed by atoms with Gasteiger partial charge in [0.15, 0.2) is 6.04 Å². The summed E-state index contributed by atoms with van der Waals surface area (Å²) >= 11 is 3.28. The number of carbonyl (C=O) groups is 2. The summed E-state index contributed by atoms with van der Waals surface area (Å²) in [5.74, 6) is -0.456. The van der Waals surface area contributed by atoms with E-state index in [0.29, 0.717) is 15.8 Å². The van der Waals surface area contributed by atoms with Gasteiger partial charge in [-0.15, -0.1) is 0 Å². The number of methoxy groups -OCH3 is 3. The van der Waals surface area contributed by atoms with Crippen molar-refractivity contribution in [3.63, 3.8) is 0 Å². The molecule has 0 saturated carbocycles. The lowest BCUT2D eigenvalue weighted by molar-refractivity contribution is -0.144. The van der Waals surface area contributed by atoms with Crippen molar-refractivity contribution in [1.82, 2.24) is 5.32 Å². The van der Waals surface area contributed by atoms with Crippen molar-refractivity contribution in [2.75, 3.05) is 27.9 Å². The van der Waals surface area contributed by atoms with Crippen molar-refractivity contribution in [2.45, 2.75) is 6.04 Å². The van der Waals surface area contributed by atoms with Crippen LogP contribution in [0, 0.1) is 0 Å². The van der Waals surface area contributed by atoms with Crippen LogP contribution in [-0.2, 0) is 14.3 Å². The van der Waals surface area contributed by atoms with Gasteiger partial charge in [0.25, 0.3) is 5.91 Å². The largest absolute Gasteiger partial charge is 0.497 e. The molecule has 0 aliphatic carbocycles. The standard InChI is InChI=1S/C13H16BrNO5/c1-18-7-11(13(17)20-3)15-12(16)9-6-8(19-2)4-5-10(9)14/h4-6,11H,7H2,1-3H3,(H,15,16)/t11-/m1/s1. The van der Waals surface area contributed by atoms with Gasteiger partial charge in [0.05, 0.1) is 26.4 Å². The number of ether oxygens (including phenoxy) is 3. The highest BCUT2D eigenvalue weighted by Crippen LogP contribution is 2.22. The van der Waals surface area contributed by atoms with Crippen LogP contribution in [0.4, 0.5) is 0 Å². The third-order valence-electron chi connectivity index (χ3n) is 2.54. The molecule has 0 aromatic heterocycles. The number of hydrogen-bond acceptors (Lipinski definition) is 5. The van der Waals surface area contributed by atoms with Crippen LogP contribution < -0.4 is 10.1 Å². The van der Waals surface area contributed by atoms with Gasteiger partial charge in [0.2, 0.25) is 0 Å². The number of nitrogens with one attached hydrogen (secondary N) is 1. The smallest absolute Gasteiger partial charge is 0.330 e. The summed E-state index contributed by atoms with van der Waals surface area (Å²) in [7, 11) is 4.19. The van der Waals surface area contributed by atoms with E-state index in [1.54, 1.807) is 18.2 Å². The van der Waals surface area contributed by atoms with Gasteiger partial charge in [-0.1, -0.05) is 0 Å². The van der Waals surface area contributed by atoms with Gasteiger partial charge in [0, 0.05) is 11.6 Å². The van der Waals surface area contributed by atoms with E-state index in [9.17, 15) is 9.59 Å². The van der Waals surface area contributed by atoms with Gasteiger partial charge in [-0.3, -0.25) is 4.79 Å². The molecule has 20 heavy (non-hydrogen) atoms. The Balaban J connectivity index is 2.91. The molecule has 1 rings (SSSR count). The third-order valence-corrected chi connectivity index (χ3v) is 3.23. The SMILES string of the molecule is COC[C@@H](NC(=O)c1cc(OC)ccc1Br)C(=O)OC. The zero-order valence-electron chi connectivity index (χ0n) is 11.4. The first-order valence-corrected chi connectivity index (χ1v) is 6.54. The normalized spacial score (nSPS) is 11.6. The molecule has 1 atom stereocenters. The molecule has 110 valence electrons. The lowest BCUT2D eigenvalue weighted by Crippen LogP contribution is -2.44. The highest BCUT2D eigenvalue weighted by molar-refractivity contribution is 9.10. The zero-order valence-corrected chi connectivity index (χ0v) is 13.0. The van der Waals surface area contributed by atoms with Crippen molar-refractivity contribution in [2.24, 2.45) is 0 Å². The topological polar surface area (TPSA) is 73.9 Å². The molecule has 1 aromatic rings. The second-order valence-corrected chi connectivity index (χ2v) is 4.70. The molecule has 0 bridgehead atoms. The zero-order chi connectivity index (χ0) is 15.1. The van der Waals surface area contributed by atoms with Gasteiger partial charge in [0.1, 0.15) is 5.75 Å². The summed E-state index contributed by atoms with van der Waals surface area (Å²) in [6, 6.07) is 4.11. The van der Waals surface area contributed by atoms with Crippen molar-refractivity contribution >= 4 is 27.8 Å². The van der Waals surface area contributed by atoms with Gasteiger partial charge >= 0.3 is 5.97 Å². The Bertz CT molecular complexity index is 492. The van der Waals surface area contributed by atoms with Crippen molar-refractivity contribution in [3.8, 4) is 5.75 Å². The molecule has 0 aliphatic rings. The van der Waals surface area contributed by atoms with Crippen LogP contribution in [0.25, 0.3) is 0 Å². The van der Waals surface area contributed by atoms with Gasteiger partial charge in [-0.2, -0.15) is 0 Å². The second kappa shape index (κ2) is 7.86. The van der Waals surface area contributed by atoms with E-state index in [4.69, 9.17) is 9.47 Å². The molecule has 1 amide bonds. The number of halogens is 1. The Kier molecular flexibility index (Phi) is 6.47. The maximum absolute atomic E-state index is 12.2. The average molecular weight is 346 g/mol. The lowest BCUT2D eigenvalue weighted by atomic mass is 10.2. The Hall–Kier alpha value is -1.60. The predicted molar refractivity (Wildman–Crippen MR) is 75.8 cm³/mol. The number of esters is 1. The van der Waals surface area contributed by atoms with Crippen LogP contribution in [0.15, 0.2) is 22.7 Å². The van der Waals surface area contributed by atoms with Crippen LogP contribution in [0.2, 0.25) is 0 Å². The third kappa shape index (κ3) is 4.21. The molecule has 0 aliphatic heterocycles. The maximum Gasteiger partial charge on any atom is 0.330 e. The van der Waals surface area contributed by atoms with E-state index < -0.39 is 17.9 Å². The monoisotopic (exact) mass is 345 g/mol. The van der Waals surface area contributed by atoms with Crippen molar-refractivity contribution in [1.29, 1.82) is 0 Å². The van der Waals surface area contributed by atoms with E-state index >= 15 is 0 Å². The first kappa shape index (κ1) is 16.5. The summed E-state index contributed by atoms with van der Waals surface area (Å²) in [4.78, 5) is 23.7. The highest BCUT2D eigenvalue weighted by atomic mass is 79.9. The number of hydrogen-bond donors (Lipinski definition) is 1. The highest BCUT2D eigenvalue weighted by Gasteiger charge is 2.23. The first-order valence-electron chi connectivity index (χ1n) is 5.74. The Morgan fingerprint density at radius 3 is 2.55 bits per heavy atom. The molecule has 0 fully saturated rings. The van der Waals surface area contributed by atoms with Gasteiger partial charge < -0.3 is 19.5 Å². The fourth-order valence-electron chi connectivity index (χ4n) is 1.52. The van der Waals surface area contributed by atoms with Gasteiger partial charge in [-0.25, -0.2) is 4.79 Å². The summed E-state index contributed by atoms with van der Waals surface area (Å²) in [6.45, 7) is 0.0278. The molecular formula is C13H16BrNO5. The predicted octanol–water partition coefficient (Wildman–Crippen LogP) is 1.38. The molecule has 0 heterocycles. The molecule has 0 saturated heterocycles. The van der Waals surface area contributed by atoms with E-state index in [-0.39, 0.29) is 6.61 Å². The lowest BCUT2D eigenvalue weighted by Gasteiger charge is -2.16. The number of amides is 1. The minimum absolute atomic E-state index is 0.0278. The van der Waals surface area contributed by atoms with E-state index in [1.807, 2.05) is 0 Å². The summed E-state index contributed by atoms with van der Waals surface area (Å²) in [5.41, 5.74) is 0.356. The molecule has 6 nitrogen and oxygen atoms in total. The van der Waals surface area contributed by atoms with Crippen LogP contribution in [0.3, 0.4) is 0 Å². The molecule has 1 aromatic carbocycles. The van der Waals surface area contributed by atoms with Crippen molar-refractivity contribution < 1.29 is 23.8 Å². The quantitative estimate of drug-likeness (QED) is 0.788. The Morgan fingerprint density at radius 2 is 2.00 bits per heavy atom. The van der Waals surface area contributed by atoms with Crippen LogP contribution in [0.1, 0.15) is 10.4 Å². The van der Waals surface area contributed by atoms with E-state index in [0.717, 1.165) is 0 Å². The maximum atomic E-state index is 12.2. The molecule has 0 spiro atoms. The van der Waals surface area contributed by atoms with E-state index in [1.165, 1.54) is 21.3 Å². The van der Waals surface area contributed by atoms with Gasteiger partial charge in [-0.05, 0) is 34.1 Å². The Morgan fingerprint density at radius 1 is 1.30 bits per heavy atom. The second-order valence-electron chi connectivity index (χ2n) is 3.85. The molecule has 1 N–H and O–H groups in total. The summed E-state index contributed by atoms with van der Waals surface area (Å²) in [6.07, 6.45) is 0. The van der Waals surface area contributed by atoms with Crippen LogP contribution in [-0.4, -0.2) is 45.9 Å². The fraction of sp³-hybridized carbons (Fsp3) is 0.385. The molecular weight excluding hydrogens is 330 g/mol. The number of rotatable bonds is 6. The first-order chi connectivity index (χ1) is 9.53. The van der Waals surface area contributed by atoms with Crippen molar-refractivity contribution in [3.05, 3.63) is 28.2 Å². The minimum atomic E-state index is -0.865. The molecule has 7 heteroatoms. The fourth-order valence-corrected chi connectivity index (χ4v) is 1.95. The van der Waals surface area contributed by atoms with Crippen LogP contribution in [0.5, 0.6) is 5.75 Å².